The molecule has 6 N–H and O–H groups in total. The zero-order chi connectivity index (χ0) is 15.6. The van der Waals surface area contributed by atoms with E-state index in [1.54, 1.807) is 6.92 Å². The van der Waals surface area contributed by atoms with E-state index in [-0.39, 0.29) is 19.0 Å². The monoisotopic (exact) mass is 289 g/mol. The number of nitrogens with one attached hydrogen (secondary N) is 2. The smallest absolute Gasteiger partial charge is 0.475 e. The predicted molar refractivity (Wildman–Crippen MR) is 56.4 cm³/mol. The van der Waals surface area contributed by atoms with Crippen molar-refractivity contribution in [2.75, 3.05) is 13.1 Å². The number of nitrogens with two attached hydrogens (primary N) is 1. The number of carbonyl (C=O) groups is 3. The molecule has 0 spiro atoms. The van der Waals surface area contributed by atoms with Crippen molar-refractivity contribution in [2.24, 2.45) is 5.73 Å². The van der Waals surface area contributed by atoms with Crippen molar-refractivity contribution in [2.45, 2.75) is 19.1 Å². The Balaban J connectivity index is 0. The van der Waals surface area contributed by atoms with Crippen LogP contribution in [-0.4, -0.2) is 53.5 Å². The number of carboxylic acids is 1. The number of amides is 2. The summed E-state index contributed by atoms with van der Waals surface area (Å²) in [6.07, 6.45) is -6.19. The quantitative estimate of drug-likeness (QED) is 0.435. The molecule has 0 aromatic heterocycles. The summed E-state index contributed by atoms with van der Waals surface area (Å²) >= 11 is 0. The summed E-state index contributed by atoms with van der Waals surface area (Å²) in [6.45, 7) is 2.00. The molecule has 0 fully saturated rings. The second-order valence-electron chi connectivity index (χ2n) is 3.11. The van der Waals surface area contributed by atoms with E-state index in [0.717, 1.165) is 0 Å². The van der Waals surface area contributed by atoms with Gasteiger partial charge in [0.1, 0.15) is 0 Å². The molecule has 0 aliphatic heterocycles. The third-order valence-electron chi connectivity index (χ3n) is 1.36. The molecule has 0 heterocycles. The largest absolute Gasteiger partial charge is 0.490 e. The first kappa shape index (κ1) is 19.3. The van der Waals surface area contributed by atoms with Crippen LogP contribution in [0.3, 0.4) is 0 Å². The van der Waals surface area contributed by atoms with Crippen LogP contribution < -0.4 is 16.4 Å². The summed E-state index contributed by atoms with van der Waals surface area (Å²) in [5.41, 5.74) is 5.23. The molecule has 0 aliphatic carbocycles. The van der Waals surface area contributed by atoms with E-state index in [9.17, 15) is 22.8 Å². The van der Waals surface area contributed by atoms with Gasteiger partial charge < -0.3 is 26.6 Å². The van der Waals surface area contributed by atoms with E-state index in [1.807, 2.05) is 0 Å². The lowest BCUT2D eigenvalue weighted by molar-refractivity contribution is -0.192. The second-order valence-corrected chi connectivity index (χ2v) is 3.11. The highest BCUT2D eigenvalue weighted by Crippen LogP contribution is 2.13. The van der Waals surface area contributed by atoms with Gasteiger partial charge in [0.2, 0.25) is 5.91 Å². The van der Waals surface area contributed by atoms with Crippen molar-refractivity contribution >= 4 is 18.0 Å². The number of halogens is 3. The van der Waals surface area contributed by atoms with Gasteiger partial charge in [0.05, 0.1) is 6.04 Å². The van der Waals surface area contributed by atoms with Crippen molar-refractivity contribution < 1.29 is 37.8 Å². The van der Waals surface area contributed by atoms with Crippen LogP contribution in [-0.2, 0) is 9.59 Å². The Kier molecular flexibility index (Phi) is 9.11. The zero-order valence-electron chi connectivity index (χ0n) is 9.82. The van der Waals surface area contributed by atoms with Crippen molar-refractivity contribution in [1.82, 2.24) is 10.6 Å². The van der Waals surface area contributed by atoms with Crippen molar-refractivity contribution in [3.63, 3.8) is 0 Å². The maximum atomic E-state index is 10.8. The molecule has 0 aromatic carbocycles. The fourth-order valence-corrected chi connectivity index (χ4v) is 0.516. The SMILES string of the molecule is CC(N)C(=O)NCCNC(=O)O.O=C(O)C(F)(F)F. The average molecular weight is 289 g/mol. The Morgan fingerprint density at radius 1 is 1.16 bits per heavy atom. The number of carboxylic acid groups (broad SMARTS) is 2. The molecule has 0 aliphatic rings. The van der Waals surface area contributed by atoms with Gasteiger partial charge in [0, 0.05) is 13.1 Å². The molecule has 1 unspecified atom stereocenters. The molecule has 0 radical (unpaired) electrons. The highest BCUT2D eigenvalue weighted by Gasteiger charge is 2.38. The van der Waals surface area contributed by atoms with Gasteiger partial charge in [-0.2, -0.15) is 13.2 Å². The minimum atomic E-state index is -5.08. The fourth-order valence-electron chi connectivity index (χ4n) is 0.516. The van der Waals surface area contributed by atoms with Crippen LogP contribution >= 0.6 is 0 Å². The molecule has 1 atom stereocenters. The third-order valence-corrected chi connectivity index (χ3v) is 1.36. The van der Waals surface area contributed by atoms with Crippen LogP contribution in [0, 0.1) is 0 Å². The van der Waals surface area contributed by atoms with Crippen LogP contribution in [0.4, 0.5) is 18.0 Å². The van der Waals surface area contributed by atoms with Gasteiger partial charge in [0.25, 0.3) is 0 Å². The molecule has 0 saturated carbocycles. The standard InChI is InChI=1S/C6H13N3O3.C2HF3O2/c1-4(7)5(10)8-2-3-9-6(11)12;3-2(4,5)1(6)7/h4,9H,2-3,7H2,1H3,(H,8,10)(H,11,12);(H,6,7). The normalized spacial score (nSPS) is 11.6. The molecule has 8 nitrogen and oxygen atoms in total. The molecule has 19 heavy (non-hydrogen) atoms. The molecular formula is C8H14F3N3O5. The van der Waals surface area contributed by atoms with Crippen molar-refractivity contribution in [3.8, 4) is 0 Å². The summed E-state index contributed by atoms with van der Waals surface area (Å²) in [7, 11) is 0. The summed E-state index contributed by atoms with van der Waals surface area (Å²) in [5, 5.41) is 19.8. The number of alkyl halides is 3. The Morgan fingerprint density at radius 3 is 1.79 bits per heavy atom. The maximum Gasteiger partial charge on any atom is 0.490 e. The van der Waals surface area contributed by atoms with Gasteiger partial charge >= 0.3 is 18.2 Å². The molecule has 0 rings (SSSR count). The minimum absolute atomic E-state index is 0.188. The molecular weight excluding hydrogens is 275 g/mol. The van der Waals surface area contributed by atoms with Crippen LogP contribution in [0.1, 0.15) is 6.92 Å². The number of rotatable bonds is 4. The number of hydrogen-bond acceptors (Lipinski definition) is 4. The molecule has 11 heteroatoms. The molecule has 0 aromatic rings. The minimum Gasteiger partial charge on any atom is -0.475 e. The summed E-state index contributed by atoms with van der Waals surface area (Å²) in [6, 6.07) is -0.560. The highest BCUT2D eigenvalue weighted by molar-refractivity contribution is 5.80. The second kappa shape index (κ2) is 8.97. The van der Waals surface area contributed by atoms with Gasteiger partial charge in [-0.05, 0) is 6.92 Å². The van der Waals surface area contributed by atoms with Gasteiger partial charge in [-0.25, -0.2) is 9.59 Å². The maximum absolute atomic E-state index is 10.8. The number of carbonyl (C=O) groups excluding carboxylic acids is 1. The number of aliphatic carboxylic acids is 1. The van der Waals surface area contributed by atoms with E-state index >= 15 is 0 Å². The van der Waals surface area contributed by atoms with E-state index in [0.29, 0.717) is 0 Å². The van der Waals surface area contributed by atoms with E-state index in [4.69, 9.17) is 20.7 Å². The molecule has 0 saturated heterocycles. The first-order valence-corrected chi connectivity index (χ1v) is 4.78. The highest BCUT2D eigenvalue weighted by atomic mass is 19.4. The third kappa shape index (κ3) is 13.9. The molecule has 0 bridgehead atoms. The zero-order valence-corrected chi connectivity index (χ0v) is 9.82. The Hall–Kier alpha value is -2.04. The summed E-state index contributed by atoms with van der Waals surface area (Å²) in [4.78, 5) is 29.6. The van der Waals surface area contributed by atoms with Crippen LogP contribution in [0.15, 0.2) is 0 Å². The Labute approximate surface area is 105 Å². The number of hydrogen-bond donors (Lipinski definition) is 5. The lowest BCUT2D eigenvalue weighted by Crippen LogP contribution is -2.41. The fraction of sp³-hybridized carbons (Fsp3) is 0.625. The summed E-state index contributed by atoms with van der Waals surface area (Å²) < 4.78 is 31.7. The van der Waals surface area contributed by atoms with Gasteiger partial charge in [-0.15, -0.1) is 0 Å². The Morgan fingerprint density at radius 2 is 1.53 bits per heavy atom. The average Bonchev–Trinajstić information content (AvgIpc) is 2.23. The van der Waals surface area contributed by atoms with Crippen molar-refractivity contribution in [3.05, 3.63) is 0 Å². The van der Waals surface area contributed by atoms with Crippen molar-refractivity contribution in [1.29, 1.82) is 0 Å². The molecule has 2 amide bonds. The van der Waals surface area contributed by atoms with Gasteiger partial charge in [-0.3, -0.25) is 4.79 Å². The first-order chi connectivity index (χ1) is 8.48. The summed E-state index contributed by atoms with van der Waals surface area (Å²) in [5.74, 6) is -3.05. The van der Waals surface area contributed by atoms with Crippen LogP contribution in [0.2, 0.25) is 0 Å². The van der Waals surface area contributed by atoms with E-state index in [1.165, 1.54) is 0 Å². The van der Waals surface area contributed by atoms with E-state index < -0.39 is 24.3 Å². The Bertz CT molecular complexity index is 319. The van der Waals surface area contributed by atoms with Crippen LogP contribution in [0.5, 0.6) is 0 Å². The first-order valence-electron chi connectivity index (χ1n) is 4.78. The van der Waals surface area contributed by atoms with E-state index in [2.05, 4.69) is 10.6 Å². The lowest BCUT2D eigenvalue weighted by atomic mass is 10.3. The lowest BCUT2D eigenvalue weighted by Gasteiger charge is -2.06. The van der Waals surface area contributed by atoms with Gasteiger partial charge in [-0.1, -0.05) is 0 Å². The molecule has 112 valence electrons. The van der Waals surface area contributed by atoms with Crippen LogP contribution in [0.25, 0.3) is 0 Å². The predicted octanol–water partition coefficient (Wildman–Crippen LogP) is -0.649. The van der Waals surface area contributed by atoms with Gasteiger partial charge in [0.15, 0.2) is 0 Å². The topological polar surface area (TPSA) is 142 Å².